The van der Waals surface area contributed by atoms with Crippen LogP contribution in [0.3, 0.4) is 0 Å². The van der Waals surface area contributed by atoms with Crippen molar-refractivity contribution in [2.45, 2.75) is 21.5 Å². The van der Waals surface area contributed by atoms with E-state index in [4.69, 9.17) is 9.47 Å². The number of aromatic nitrogens is 2. The van der Waals surface area contributed by atoms with Crippen molar-refractivity contribution >= 4 is 55.1 Å². The van der Waals surface area contributed by atoms with E-state index in [0.717, 1.165) is 8.68 Å². The summed E-state index contributed by atoms with van der Waals surface area (Å²) in [7, 11) is -8.35. The molecular weight excluding hydrogens is 506 g/mol. The summed E-state index contributed by atoms with van der Waals surface area (Å²) in [5, 5.41) is 8.06. The van der Waals surface area contributed by atoms with Crippen LogP contribution in [0, 0.1) is 0 Å². The second-order valence-electron chi connectivity index (χ2n) is 4.99. The van der Waals surface area contributed by atoms with E-state index < -0.39 is 31.7 Å². The van der Waals surface area contributed by atoms with Crippen molar-refractivity contribution < 1.29 is 94.5 Å². The summed E-state index contributed by atoms with van der Waals surface area (Å²) in [6, 6.07) is 0. The third-order valence-corrected chi connectivity index (χ3v) is 7.36. The standard InChI is InChI=1S/C12H22N2O8S5.2Na/c15-26(16,17)9-1-3-21-5-7-23-11-13-14-12(25-11)24-8-6-22-4-2-10-27(18,19)20;;/h1-10H2,(H,15,16,17)(H,18,19,20);;/q;2*+1/p-2. The fourth-order valence-electron chi connectivity index (χ4n) is 1.57. The van der Waals surface area contributed by atoms with Gasteiger partial charge in [0.25, 0.3) is 0 Å². The van der Waals surface area contributed by atoms with Gasteiger partial charge in [-0.2, -0.15) is 0 Å². The number of rotatable bonds is 16. The third kappa shape index (κ3) is 21.6. The minimum atomic E-state index is -4.18. The van der Waals surface area contributed by atoms with Gasteiger partial charge in [0.05, 0.1) is 33.5 Å². The largest absolute Gasteiger partial charge is 1.00 e. The van der Waals surface area contributed by atoms with E-state index in [2.05, 4.69) is 10.2 Å². The van der Waals surface area contributed by atoms with Crippen molar-refractivity contribution in [3.8, 4) is 0 Å². The van der Waals surface area contributed by atoms with Crippen molar-refractivity contribution in [2.75, 3.05) is 49.4 Å². The zero-order chi connectivity index (χ0) is 20.2. The van der Waals surface area contributed by atoms with Crippen LogP contribution in [0.1, 0.15) is 12.8 Å². The maximum atomic E-state index is 10.4. The van der Waals surface area contributed by atoms with Gasteiger partial charge < -0.3 is 18.6 Å². The first-order valence-electron chi connectivity index (χ1n) is 7.77. The smallest absolute Gasteiger partial charge is 0.748 e. The molecule has 0 atom stereocenters. The van der Waals surface area contributed by atoms with Gasteiger partial charge in [0.2, 0.25) is 0 Å². The van der Waals surface area contributed by atoms with Gasteiger partial charge in [-0.3, -0.25) is 0 Å². The van der Waals surface area contributed by atoms with E-state index in [1.54, 1.807) is 0 Å². The molecule has 1 heterocycles. The van der Waals surface area contributed by atoms with Crippen LogP contribution in [0.25, 0.3) is 0 Å². The summed E-state index contributed by atoms with van der Waals surface area (Å²) in [6.07, 6.45) is 0.371. The first-order valence-corrected chi connectivity index (χ1v) is 13.7. The van der Waals surface area contributed by atoms with Crippen molar-refractivity contribution in [1.82, 2.24) is 10.2 Å². The van der Waals surface area contributed by atoms with E-state index >= 15 is 0 Å². The van der Waals surface area contributed by atoms with Gasteiger partial charge in [-0.05, 0) is 12.8 Å². The Morgan fingerprint density at radius 1 is 0.759 bits per heavy atom. The Labute approximate surface area is 228 Å². The van der Waals surface area contributed by atoms with Gasteiger partial charge in [0.15, 0.2) is 8.68 Å². The molecule has 17 heteroatoms. The molecule has 0 radical (unpaired) electrons. The summed E-state index contributed by atoms with van der Waals surface area (Å²) in [5.41, 5.74) is 0. The molecular formula is C12H20N2Na2O8S5. The molecule has 0 saturated heterocycles. The van der Waals surface area contributed by atoms with E-state index in [1.165, 1.54) is 34.9 Å². The van der Waals surface area contributed by atoms with Crippen LogP contribution in [0.4, 0.5) is 0 Å². The molecule has 0 amide bonds. The Hall–Kier alpha value is 2.00. The summed E-state index contributed by atoms with van der Waals surface area (Å²) in [6.45, 7) is 1.27. The molecule has 1 aromatic rings. The van der Waals surface area contributed by atoms with Crippen LogP contribution in [-0.2, 0) is 29.7 Å². The fourth-order valence-corrected chi connectivity index (χ4v) is 5.38. The van der Waals surface area contributed by atoms with E-state index in [9.17, 15) is 25.9 Å². The minimum Gasteiger partial charge on any atom is -0.748 e. The van der Waals surface area contributed by atoms with Crippen LogP contribution in [0.15, 0.2) is 8.68 Å². The molecule has 0 aromatic carbocycles. The molecule has 0 aliphatic heterocycles. The van der Waals surface area contributed by atoms with Gasteiger partial charge >= 0.3 is 59.1 Å². The van der Waals surface area contributed by atoms with Crippen LogP contribution in [0.5, 0.6) is 0 Å². The van der Waals surface area contributed by atoms with Gasteiger partial charge in [0.1, 0.15) is 0 Å². The second-order valence-corrected chi connectivity index (χ2v) is 11.7. The summed E-state index contributed by atoms with van der Waals surface area (Å²) < 4.78 is 74.5. The van der Waals surface area contributed by atoms with Crippen molar-refractivity contribution in [1.29, 1.82) is 0 Å². The molecule has 0 saturated carbocycles. The van der Waals surface area contributed by atoms with Crippen LogP contribution >= 0.6 is 34.9 Å². The average molecular weight is 527 g/mol. The first-order chi connectivity index (χ1) is 12.7. The first kappa shape index (κ1) is 33.2. The van der Waals surface area contributed by atoms with E-state index in [0.29, 0.717) is 24.7 Å². The summed E-state index contributed by atoms with van der Waals surface area (Å²) >= 11 is 4.36. The maximum Gasteiger partial charge on any atom is 1.00 e. The maximum absolute atomic E-state index is 10.4. The SMILES string of the molecule is O=S(=O)([O-])CCCOCCSc1nnc(SCCOCCCS(=O)(=O)[O-])s1.[Na+].[Na+]. The Morgan fingerprint density at radius 2 is 1.14 bits per heavy atom. The molecule has 0 unspecified atom stereocenters. The number of hydrogen-bond donors (Lipinski definition) is 0. The molecule has 1 rings (SSSR count). The quantitative estimate of drug-likeness (QED) is 0.0872. The predicted molar refractivity (Wildman–Crippen MR) is 101 cm³/mol. The normalized spacial score (nSPS) is 11.7. The number of nitrogens with zero attached hydrogens (tertiary/aromatic N) is 2. The number of ether oxygens (including phenoxy) is 2. The number of hydrogen-bond acceptors (Lipinski definition) is 13. The zero-order valence-corrected chi connectivity index (χ0v) is 24.4. The van der Waals surface area contributed by atoms with Crippen molar-refractivity contribution in [2.24, 2.45) is 0 Å². The molecule has 0 N–H and O–H groups in total. The Morgan fingerprint density at radius 3 is 1.48 bits per heavy atom. The van der Waals surface area contributed by atoms with Gasteiger partial charge in [0, 0.05) is 36.2 Å². The van der Waals surface area contributed by atoms with Gasteiger partial charge in [-0.1, -0.05) is 34.9 Å². The monoisotopic (exact) mass is 526 g/mol. The minimum absolute atomic E-state index is 0. The molecule has 0 aliphatic rings. The third-order valence-electron chi connectivity index (χ3n) is 2.66. The van der Waals surface area contributed by atoms with Crippen molar-refractivity contribution in [3.05, 3.63) is 0 Å². The molecule has 0 fully saturated rings. The average Bonchev–Trinajstić information content (AvgIpc) is 2.99. The Bertz CT molecular complexity index is 687. The second kappa shape index (κ2) is 18.4. The molecule has 158 valence electrons. The van der Waals surface area contributed by atoms with Crippen LogP contribution < -0.4 is 59.1 Å². The van der Waals surface area contributed by atoms with E-state index in [-0.39, 0.29) is 85.2 Å². The Kier molecular flexibility index (Phi) is 21.1. The molecule has 0 aliphatic carbocycles. The van der Waals surface area contributed by atoms with Crippen LogP contribution in [-0.4, -0.2) is 85.6 Å². The van der Waals surface area contributed by atoms with Crippen molar-refractivity contribution in [3.63, 3.8) is 0 Å². The predicted octanol–water partition coefficient (Wildman–Crippen LogP) is -5.37. The molecule has 1 aromatic heterocycles. The van der Waals surface area contributed by atoms with Gasteiger partial charge in [-0.25, -0.2) is 16.8 Å². The van der Waals surface area contributed by atoms with Crippen LogP contribution in [0.2, 0.25) is 0 Å². The van der Waals surface area contributed by atoms with Gasteiger partial charge in [-0.15, -0.1) is 10.2 Å². The number of thioether (sulfide) groups is 2. The molecule has 0 spiro atoms. The zero-order valence-electron chi connectivity index (χ0n) is 16.3. The molecule has 29 heavy (non-hydrogen) atoms. The summed E-state index contributed by atoms with van der Waals surface area (Å²) in [5.74, 6) is 0.432. The fraction of sp³-hybridized carbons (Fsp3) is 0.833. The summed E-state index contributed by atoms with van der Waals surface area (Å²) in [4.78, 5) is 0. The molecule has 0 bridgehead atoms. The Balaban J connectivity index is 0. The van der Waals surface area contributed by atoms with E-state index in [1.807, 2.05) is 0 Å². The topological polar surface area (TPSA) is 159 Å². The molecule has 10 nitrogen and oxygen atoms in total.